The molecule has 0 radical (unpaired) electrons. The van der Waals surface area contributed by atoms with Crippen LogP contribution in [0, 0.1) is 20.8 Å². The molecule has 0 spiro atoms. The van der Waals surface area contributed by atoms with Crippen molar-refractivity contribution in [2.24, 2.45) is 0 Å². The average molecular weight is 415 g/mol. The first-order chi connectivity index (χ1) is 15.0. The molecule has 2 aromatic heterocycles. The maximum atomic E-state index is 13.3. The van der Waals surface area contributed by atoms with Crippen LogP contribution in [0.3, 0.4) is 0 Å². The molecule has 1 amide bonds. The summed E-state index contributed by atoms with van der Waals surface area (Å²) in [4.78, 5) is 25.0. The summed E-state index contributed by atoms with van der Waals surface area (Å²) >= 11 is 0. The number of carbonyl (C=O) groups is 1. The number of fused-ring (bicyclic) bond motifs is 1. The van der Waals surface area contributed by atoms with E-state index in [1.807, 2.05) is 55.1 Å². The monoisotopic (exact) mass is 414 g/mol. The van der Waals surface area contributed by atoms with Crippen LogP contribution in [0.5, 0.6) is 0 Å². The number of amides is 1. The average Bonchev–Trinajstić information content (AvgIpc) is 3.37. The number of aryl methyl sites for hydroxylation is 3. The van der Waals surface area contributed by atoms with Crippen molar-refractivity contribution in [2.45, 2.75) is 39.5 Å². The van der Waals surface area contributed by atoms with E-state index in [-0.39, 0.29) is 11.8 Å². The Balaban J connectivity index is 1.39. The molecule has 1 aliphatic rings. The second-order valence-electron chi connectivity index (χ2n) is 8.44. The maximum Gasteiger partial charge on any atom is 0.276 e. The molecule has 1 unspecified atom stereocenters. The van der Waals surface area contributed by atoms with Crippen LogP contribution >= 0.6 is 0 Å². The minimum Gasteiger partial charge on any atom is -0.342 e. The predicted octanol–water partition coefficient (Wildman–Crippen LogP) is 4.09. The highest BCUT2D eigenvalue weighted by Gasteiger charge is 2.30. The van der Waals surface area contributed by atoms with E-state index in [1.54, 1.807) is 4.80 Å². The van der Waals surface area contributed by atoms with Crippen LogP contribution in [-0.4, -0.2) is 48.9 Å². The van der Waals surface area contributed by atoms with E-state index in [9.17, 15) is 4.79 Å². The quantitative estimate of drug-likeness (QED) is 0.548. The fourth-order valence-corrected chi connectivity index (χ4v) is 4.41. The highest BCUT2D eigenvalue weighted by Crippen LogP contribution is 2.28. The summed E-state index contributed by atoms with van der Waals surface area (Å²) in [7, 11) is 0. The molecule has 0 bridgehead atoms. The number of carbonyl (C=O) groups excluding carboxylic acids is 1. The molecule has 158 valence electrons. The number of rotatable bonds is 3. The number of imidazole rings is 1. The Morgan fingerprint density at radius 1 is 1.10 bits per heavy atom. The Morgan fingerprint density at radius 3 is 2.74 bits per heavy atom. The van der Waals surface area contributed by atoms with Crippen LogP contribution in [-0.2, 0) is 0 Å². The number of hydrogen-bond donors (Lipinski definition) is 1. The Bertz CT molecular complexity index is 1240. The lowest BCUT2D eigenvalue weighted by atomic mass is 9.97. The third-order valence-corrected chi connectivity index (χ3v) is 6.06. The van der Waals surface area contributed by atoms with E-state index in [2.05, 4.69) is 28.2 Å². The molecule has 1 saturated heterocycles. The molecule has 31 heavy (non-hydrogen) atoms. The van der Waals surface area contributed by atoms with Crippen molar-refractivity contribution in [2.75, 3.05) is 13.1 Å². The summed E-state index contributed by atoms with van der Waals surface area (Å²) in [5, 5.41) is 9.10. The van der Waals surface area contributed by atoms with Gasteiger partial charge in [0.2, 0.25) is 0 Å². The number of nitrogens with zero attached hydrogens (tertiary/aromatic N) is 5. The second kappa shape index (κ2) is 7.65. The van der Waals surface area contributed by atoms with Crippen molar-refractivity contribution in [1.82, 2.24) is 29.9 Å². The zero-order valence-corrected chi connectivity index (χ0v) is 18.1. The first-order valence-electron chi connectivity index (χ1n) is 10.7. The predicted molar refractivity (Wildman–Crippen MR) is 120 cm³/mol. The van der Waals surface area contributed by atoms with E-state index >= 15 is 0 Å². The van der Waals surface area contributed by atoms with E-state index < -0.39 is 0 Å². The maximum absolute atomic E-state index is 13.3. The van der Waals surface area contributed by atoms with Gasteiger partial charge in [-0.2, -0.15) is 9.90 Å². The molecule has 7 heteroatoms. The van der Waals surface area contributed by atoms with Crippen LogP contribution in [0.4, 0.5) is 0 Å². The number of aromatic amines is 1. The molecule has 3 heterocycles. The minimum atomic E-state index is -0.0608. The molecule has 4 aromatic rings. The zero-order chi connectivity index (χ0) is 21.5. The summed E-state index contributed by atoms with van der Waals surface area (Å²) in [5.41, 5.74) is 6.23. The number of H-pyrrole nitrogens is 1. The smallest absolute Gasteiger partial charge is 0.276 e. The van der Waals surface area contributed by atoms with Gasteiger partial charge < -0.3 is 9.88 Å². The van der Waals surface area contributed by atoms with Crippen molar-refractivity contribution in [3.05, 3.63) is 70.8 Å². The fraction of sp³-hybridized carbons (Fsp3) is 0.333. The van der Waals surface area contributed by atoms with Gasteiger partial charge in [0.05, 0.1) is 22.4 Å². The Kier molecular flexibility index (Phi) is 4.81. The van der Waals surface area contributed by atoms with Crippen LogP contribution in [0.15, 0.2) is 42.5 Å². The first-order valence-corrected chi connectivity index (χ1v) is 10.7. The third-order valence-electron chi connectivity index (χ3n) is 6.06. The molecule has 0 saturated carbocycles. The van der Waals surface area contributed by atoms with Crippen molar-refractivity contribution in [3.63, 3.8) is 0 Å². The Hall–Kier alpha value is -3.48. The lowest BCUT2D eigenvalue weighted by Crippen LogP contribution is -2.39. The molecule has 1 fully saturated rings. The zero-order valence-electron chi connectivity index (χ0n) is 18.1. The number of para-hydroxylation sites is 2. The van der Waals surface area contributed by atoms with Crippen LogP contribution in [0.2, 0.25) is 0 Å². The molecule has 5 rings (SSSR count). The molecular weight excluding hydrogens is 388 g/mol. The fourth-order valence-electron chi connectivity index (χ4n) is 4.41. The van der Waals surface area contributed by atoms with E-state index in [4.69, 9.17) is 4.98 Å². The lowest BCUT2D eigenvalue weighted by Gasteiger charge is -2.31. The van der Waals surface area contributed by atoms with Gasteiger partial charge in [0.25, 0.3) is 5.91 Å². The number of piperidine rings is 1. The minimum absolute atomic E-state index is 0.0608. The highest BCUT2D eigenvalue weighted by atomic mass is 16.2. The summed E-state index contributed by atoms with van der Waals surface area (Å²) < 4.78 is 0. The third kappa shape index (κ3) is 3.60. The summed E-state index contributed by atoms with van der Waals surface area (Å²) in [6, 6.07) is 14.2. The van der Waals surface area contributed by atoms with Gasteiger partial charge in [0.15, 0.2) is 5.69 Å². The van der Waals surface area contributed by atoms with Gasteiger partial charge in [0, 0.05) is 19.0 Å². The van der Waals surface area contributed by atoms with Gasteiger partial charge in [-0.3, -0.25) is 4.79 Å². The van der Waals surface area contributed by atoms with Crippen LogP contribution in [0.1, 0.15) is 51.9 Å². The number of nitrogens with one attached hydrogen (secondary N) is 1. The van der Waals surface area contributed by atoms with Gasteiger partial charge in [-0.05, 0) is 57.4 Å². The molecular formula is C24H26N6O. The molecule has 0 aliphatic carbocycles. The second-order valence-corrected chi connectivity index (χ2v) is 8.44. The molecule has 7 nitrogen and oxygen atoms in total. The van der Waals surface area contributed by atoms with Gasteiger partial charge in [-0.1, -0.05) is 29.8 Å². The highest BCUT2D eigenvalue weighted by molar-refractivity contribution is 5.93. The normalized spacial score (nSPS) is 16.7. The van der Waals surface area contributed by atoms with Crippen molar-refractivity contribution < 1.29 is 4.79 Å². The van der Waals surface area contributed by atoms with E-state index in [0.717, 1.165) is 47.5 Å². The Labute approximate surface area is 181 Å². The summed E-state index contributed by atoms with van der Waals surface area (Å²) in [6.07, 6.45) is 1.95. The van der Waals surface area contributed by atoms with Gasteiger partial charge in [-0.15, -0.1) is 5.10 Å². The number of benzene rings is 2. The lowest BCUT2D eigenvalue weighted by molar-refractivity contribution is 0.0697. The van der Waals surface area contributed by atoms with E-state index in [0.29, 0.717) is 17.9 Å². The topological polar surface area (TPSA) is 79.7 Å². The number of likely N-dealkylation sites (tertiary alicyclic amines) is 1. The SMILES string of the molecule is Cc1ccc(-n2nc(C)c(C(=O)N3CCCC(c4nc5ccccc5[nH]4)C3)n2)c(C)c1. The van der Waals surface area contributed by atoms with Crippen molar-refractivity contribution in [1.29, 1.82) is 0 Å². The van der Waals surface area contributed by atoms with Gasteiger partial charge in [-0.25, -0.2) is 4.98 Å². The standard InChI is InChI=1S/C24H26N6O/c1-15-10-11-21(16(2)13-15)30-27-17(3)22(28-30)24(31)29-12-6-7-18(14-29)23-25-19-8-4-5-9-20(19)26-23/h4-5,8-11,13,18H,6-7,12,14H2,1-3H3,(H,25,26). The molecule has 2 aromatic carbocycles. The number of aromatic nitrogens is 5. The molecule has 1 atom stereocenters. The molecule has 1 aliphatic heterocycles. The van der Waals surface area contributed by atoms with E-state index in [1.165, 1.54) is 5.56 Å². The van der Waals surface area contributed by atoms with Crippen LogP contribution in [0.25, 0.3) is 16.7 Å². The van der Waals surface area contributed by atoms with Crippen LogP contribution < -0.4 is 0 Å². The molecule has 1 N–H and O–H groups in total. The van der Waals surface area contributed by atoms with Gasteiger partial charge in [0.1, 0.15) is 5.82 Å². The Morgan fingerprint density at radius 2 is 1.94 bits per heavy atom. The number of hydrogen-bond acceptors (Lipinski definition) is 4. The van der Waals surface area contributed by atoms with Gasteiger partial charge >= 0.3 is 0 Å². The first kappa shape index (κ1) is 19.5. The summed E-state index contributed by atoms with van der Waals surface area (Å²) in [6.45, 7) is 7.30. The summed E-state index contributed by atoms with van der Waals surface area (Å²) in [5.74, 6) is 1.09. The van der Waals surface area contributed by atoms with Crippen molar-refractivity contribution >= 4 is 16.9 Å². The largest absolute Gasteiger partial charge is 0.342 e. The van der Waals surface area contributed by atoms with Crippen molar-refractivity contribution in [3.8, 4) is 5.69 Å².